The van der Waals surface area contributed by atoms with Gasteiger partial charge >= 0.3 is 0 Å². The molecule has 1 saturated heterocycles. The lowest BCUT2D eigenvalue weighted by atomic mass is 9.90. The van der Waals surface area contributed by atoms with Gasteiger partial charge in [-0.1, -0.05) is 30.3 Å². The van der Waals surface area contributed by atoms with Crippen molar-refractivity contribution in [1.82, 2.24) is 5.43 Å². The minimum Gasteiger partial charge on any atom is -0.381 e. The summed E-state index contributed by atoms with van der Waals surface area (Å²) in [4.78, 5) is 0. The fourth-order valence-corrected chi connectivity index (χ4v) is 2.64. The van der Waals surface area contributed by atoms with E-state index in [-0.39, 0.29) is 0 Å². The summed E-state index contributed by atoms with van der Waals surface area (Å²) in [7, 11) is 0. The molecule has 0 radical (unpaired) electrons. The Labute approximate surface area is 110 Å². The molecule has 0 saturated carbocycles. The van der Waals surface area contributed by atoms with Gasteiger partial charge in [-0.25, -0.2) is 0 Å². The Balaban J connectivity index is 1.74. The smallest absolute Gasteiger partial charge is 0.0468 e. The lowest BCUT2D eigenvalue weighted by Crippen LogP contribution is -2.37. The van der Waals surface area contributed by atoms with Crippen molar-refractivity contribution in [3.8, 4) is 0 Å². The molecule has 1 fully saturated rings. The minimum absolute atomic E-state index is 0.424. The average Bonchev–Trinajstić information content (AvgIpc) is 2.45. The average molecular weight is 248 g/mol. The molecule has 1 heterocycles. The third-order valence-electron chi connectivity index (χ3n) is 3.82. The molecule has 1 aliphatic rings. The molecule has 1 aromatic carbocycles. The van der Waals surface area contributed by atoms with Crippen LogP contribution < -0.4 is 11.3 Å². The third kappa shape index (κ3) is 4.41. The standard InChI is InChI=1S/C15H24N2O/c16-17-15(12-14-8-10-18-11-9-14)7-6-13-4-2-1-3-5-13/h1-5,14-15,17H,6-12,16H2. The summed E-state index contributed by atoms with van der Waals surface area (Å²) in [5.41, 5.74) is 4.37. The van der Waals surface area contributed by atoms with E-state index in [0.29, 0.717) is 6.04 Å². The Hall–Kier alpha value is -0.900. The fourth-order valence-electron chi connectivity index (χ4n) is 2.64. The van der Waals surface area contributed by atoms with Gasteiger partial charge < -0.3 is 4.74 Å². The Bertz CT molecular complexity index is 323. The van der Waals surface area contributed by atoms with Gasteiger partial charge in [-0.05, 0) is 43.6 Å². The second-order valence-corrected chi connectivity index (χ2v) is 5.18. The van der Waals surface area contributed by atoms with Gasteiger partial charge in [-0.2, -0.15) is 0 Å². The van der Waals surface area contributed by atoms with Gasteiger partial charge in [0.05, 0.1) is 0 Å². The molecule has 0 aliphatic carbocycles. The molecule has 3 heteroatoms. The van der Waals surface area contributed by atoms with Crippen molar-refractivity contribution in [2.75, 3.05) is 13.2 Å². The van der Waals surface area contributed by atoms with Gasteiger partial charge in [0.25, 0.3) is 0 Å². The lowest BCUT2D eigenvalue weighted by Gasteiger charge is -2.26. The van der Waals surface area contributed by atoms with Crippen molar-refractivity contribution in [2.24, 2.45) is 11.8 Å². The van der Waals surface area contributed by atoms with E-state index in [0.717, 1.165) is 32.0 Å². The zero-order chi connectivity index (χ0) is 12.6. The molecule has 0 spiro atoms. The Morgan fingerprint density at radius 1 is 1.22 bits per heavy atom. The van der Waals surface area contributed by atoms with E-state index in [2.05, 4.69) is 35.8 Å². The Kier molecular flexibility index (Phi) is 5.65. The SMILES string of the molecule is NNC(CCc1ccccc1)CC1CCOCC1. The van der Waals surface area contributed by atoms with Crippen molar-refractivity contribution in [2.45, 2.75) is 38.1 Å². The second-order valence-electron chi connectivity index (χ2n) is 5.18. The molecule has 3 N–H and O–H groups in total. The van der Waals surface area contributed by atoms with Crippen molar-refractivity contribution in [3.63, 3.8) is 0 Å². The maximum absolute atomic E-state index is 5.67. The van der Waals surface area contributed by atoms with Gasteiger partial charge in [0.15, 0.2) is 0 Å². The van der Waals surface area contributed by atoms with Crippen LogP contribution in [-0.4, -0.2) is 19.3 Å². The van der Waals surface area contributed by atoms with E-state index < -0.39 is 0 Å². The van der Waals surface area contributed by atoms with Crippen LogP contribution >= 0.6 is 0 Å². The van der Waals surface area contributed by atoms with Crippen LogP contribution in [0.1, 0.15) is 31.2 Å². The van der Waals surface area contributed by atoms with Crippen LogP contribution in [0.3, 0.4) is 0 Å². The number of nitrogens with one attached hydrogen (secondary N) is 1. The van der Waals surface area contributed by atoms with E-state index in [1.165, 1.54) is 24.8 Å². The molecule has 0 aromatic heterocycles. The largest absolute Gasteiger partial charge is 0.381 e. The Morgan fingerprint density at radius 3 is 2.61 bits per heavy atom. The van der Waals surface area contributed by atoms with E-state index >= 15 is 0 Å². The number of benzene rings is 1. The highest BCUT2D eigenvalue weighted by Crippen LogP contribution is 2.21. The number of hydrogen-bond acceptors (Lipinski definition) is 3. The maximum Gasteiger partial charge on any atom is 0.0468 e. The van der Waals surface area contributed by atoms with Crippen LogP contribution in [0.5, 0.6) is 0 Å². The number of rotatable bonds is 6. The summed E-state index contributed by atoms with van der Waals surface area (Å²) in [5, 5.41) is 0. The van der Waals surface area contributed by atoms with Crippen LogP contribution in [0, 0.1) is 5.92 Å². The van der Waals surface area contributed by atoms with Crippen LogP contribution in [0.4, 0.5) is 0 Å². The molecular formula is C15H24N2O. The minimum atomic E-state index is 0.424. The third-order valence-corrected chi connectivity index (χ3v) is 3.82. The maximum atomic E-state index is 5.67. The van der Waals surface area contributed by atoms with Crippen LogP contribution in [0.25, 0.3) is 0 Å². The number of ether oxygens (including phenoxy) is 1. The number of nitrogens with two attached hydrogens (primary N) is 1. The van der Waals surface area contributed by atoms with E-state index in [4.69, 9.17) is 10.6 Å². The van der Waals surface area contributed by atoms with Gasteiger partial charge in [-0.15, -0.1) is 0 Å². The normalized spacial score (nSPS) is 18.7. The highest BCUT2D eigenvalue weighted by Gasteiger charge is 2.18. The van der Waals surface area contributed by atoms with E-state index in [1.807, 2.05) is 0 Å². The summed E-state index contributed by atoms with van der Waals surface area (Å²) >= 11 is 0. The first-order valence-electron chi connectivity index (χ1n) is 6.96. The van der Waals surface area contributed by atoms with Crippen molar-refractivity contribution in [3.05, 3.63) is 35.9 Å². The summed E-state index contributed by atoms with van der Waals surface area (Å²) < 4.78 is 5.39. The summed E-state index contributed by atoms with van der Waals surface area (Å²) in [6.45, 7) is 1.83. The number of hydrogen-bond donors (Lipinski definition) is 2. The van der Waals surface area contributed by atoms with Gasteiger partial charge in [0.2, 0.25) is 0 Å². The summed E-state index contributed by atoms with van der Waals surface area (Å²) in [6.07, 6.45) is 5.75. The van der Waals surface area contributed by atoms with Gasteiger partial charge in [0, 0.05) is 19.3 Å². The number of aryl methyl sites for hydroxylation is 1. The summed E-state index contributed by atoms with van der Waals surface area (Å²) in [5.74, 6) is 6.45. The molecule has 2 rings (SSSR count). The molecule has 0 bridgehead atoms. The van der Waals surface area contributed by atoms with E-state index in [9.17, 15) is 0 Å². The highest BCUT2D eigenvalue weighted by molar-refractivity contribution is 5.14. The topological polar surface area (TPSA) is 47.3 Å². The number of hydrazine groups is 1. The van der Waals surface area contributed by atoms with Gasteiger partial charge in [-0.3, -0.25) is 11.3 Å². The first-order chi connectivity index (χ1) is 8.88. The molecular weight excluding hydrogens is 224 g/mol. The molecule has 1 aromatic rings. The van der Waals surface area contributed by atoms with Crippen molar-refractivity contribution in [1.29, 1.82) is 0 Å². The van der Waals surface area contributed by atoms with E-state index in [1.54, 1.807) is 0 Å². The quantitative estimate of drug-likeness (QED) is 0.599. The van der Waals surface area contributed by atoms with Crippen molar-refractivity contribution >= 4 is 0 Å². The Morgan fingerprint density at radius 2 is 1.94 bits per heavy atom. The molecule has 0 amide bonds. The second kappa shape index (κ2) is 7.52. The first-order valence-corrected chi connectivity index (χ1v) is 6.96. The molecule has 1 unspecified atom stereocenters. The summed E-state index contributed by atoms with van der Waals surface area (Å²) in [6, 6.07) is 11.0. The van der Waals surface area contributed by atoms with Gasteiger partial charge in [0.1, 0.15) is 0 Å². The zero-order valence-corrected chi connectivity index (χ0v) is 11.0. The molecule has 1 aliphatic heterocycles. The molecule has 3 nitrogen and oxygen atoms in total. The molecule has 1 atom stereocenters. The molecule has 18 heavy (non-hydrogen) atoms. The first kappa shape index (κ1) is 13.5. The monoisotopic (exact) mass is 248 g/mol. The van der Waals surface area contributed by atoms with Crippen molar-refractivity contribution < 1.29 is 4.74 Å². The molecule has 100 valence electrons. The van der Waals surface area contributed by atoms with Crippen LogP contribution in [0.15, 0.2) is 30.3 Å². The predicted molar refractivity (Wildman–Crippen MR) is 74.0 cm³/mol. The fraction of sp³-hybridized carbons (Fsp3) is 0.600. The van der Waals surface area contributed by atoms with Crippen LogP contribution in [0.2, 0.25) is 0 Å². The zero-order valence-electron chi connectivity index (χ0n) is 11.0. The predicted octanol–water partition coefficient (Wildman–Crippen LogP) is 2.27. The van der Waals surface area contributed by atoms with Crippen LogP contribution in [-0.2, 0) is 11.2 Å². The highest BCUT2D eigenvalue weighted by atomic mass is 16.5. The lowest BCUT2D eigenvalue weighted by molar-refractivity contribution is 0.0602.